The first kappa shape index (κ1) is 15.0. The van der Waals surface area contributed by atoms with Crippen LogP contribution in [0.1, 0.15) is 60.3 Å². The van der Waals surface area contributed by atoms with E-state index in [4.69, 9.17) is 0 Å². The molecule has 1 rings (SSSR count). The molecule has 1 aliphatic rings. The molecule has 0 amide bonds. The Balaban J connectivity index is 2.65. The minimum absolute atomic E-state index is 0.302. The number of rotatable bonds is 7. The minimum Gasteiger partial charge on any atom is -0.312 e. The molecule has 0 saturated carbocycles. The molecular formula is C15H32N2. The van der Waals surface area contributed by atoms with Crippen molar-refractivity contribution in [1.82, 2.24) is 10.2 Å². The van der Waals surface area contributed by atoms with Crippen molar-refractivity contribution >= 4 is 0 Å². The maximum Gasteiger partial charge on any atom is 0.0306 e. The molecule has 2 heteroatoms. The van der Waals surface area contributed by atoms with Crippen molar-refractivity contribution in [2.24, 2.45) is 5.92 Å². The van der Waals surface area contributed by atoms with Crippen molar-refractivity contribution in [2.45, 2.75) is 71.9 Å². The molecular weight excluding hydrogens is 208 g/mol. The summed E-state index contributed by atoms with van der Waals surface area (Å²) in [4.78, 5) is 2.68. The second kappa shape index (κ2) is 6.75. The summed E-state index contributed by atoms with van der Waals surface area (Å²) < 4.78 is 0. The fraction of sp³-hybridized carbons (Fsp3) is 1.00. The molecule has 2 unspecified atom stereocenters. The van der Waals surface area contributed by atoms with Crippen molar-refractivity contribution in [3.8, 4) is 0 Å². The summed E-state index contributed by atoms with van der Waals surface area (Å²) in [5.74, 6) is 0.820. The Morgan fingerprint density at radius 2 is 1.76 bits per heavy atom. The Kier molecular flexibility index (Phi) is 5.94. The number of likely N-dealkylation sites (N-methyl/N-ethyl adjacent to an activating group) is 1. The van der Waals surface area contributed by atoms with Gasteiger partial charge in [0.2, 0.25) is 0 Å². The first-order valence-electron chi connectivity index (χ1n) is 7.50. The van der Waals surface area contributed by atoms with Gasteiger partial charge in [0.05, 0.1) is 0 Å². The summed E-state index contributed by atoms with van der Waals surface area (Å²) in [6, 6.07) is 0.626. The van der Waals surface area contributed by atoms with Crippen LogP contribution in [0.3, 0.4) is 0 Å². The molecule has 102 valence electrons. The quantitative estimate of drug-likeness (QED) is 0.735. The van der Waals surface area contributed by atoms with Crippen LogP contribution in [0.15, 0.2) is 0 Å². The highest BCUT2D eigenvalue weighted by molar-refractivity contribution is 4.95. The van der Waals surface area contributed by atoms with Gasteiger partial charge in [-0.2, -0.15) is 0 Å². The smallest absolute Gasteiger partial charge is 0.0306 e. The average Bonchev–Trinajstić information content (AvgIpc) is 2.82. The van der Waals surface area contributed by atoms with Gasteiger partial charge >= 0.3 is 0 Å². The van der Waals surface area contributed by atoms with E-state index in [0.717, 1.165) is 12.5 Å². The van der Waals surface area contributed by atoms with E-state index in [1.54, 1.807) is 0 Å². The fourth-order valence-electron chi connectivity index (χ4n) is 2.95. The van der Waals surface area contributed by atoms with Crippen LogP contribution in [0.2, 0.25) is 0 Å². The lowest BCUT2D eigenvalue weighted by atomic mass is 9.85. The number of hydrogen-bond donors (Lipinski definition) is 1. The van der Waals surface area contributed by atoms with Crippen LogP contribution in [0.5, 0.6) is 0 Å². The van der Waals surface area contributed by atoms with Crippen LogP contribution < -0.4 is 5.32 Å². The van der Waals surface area contributed by atoms with Gasteiger partial charge in [0, 0.05) is 11.6 Å². The molecule has 2 atom stereocenters. The number of nitrogens with one attached hydrogen (secondary N) is 1. The van der Waals surface area contributed by atoms with E-state index in [1.165, 1.54) is 38.8 Å². The molecule has 0 bridgehead atoms. The van der Waals surface area contributed by atoms with Crippen molar-refractivity contribution in [3.05, 3.63) is 0 Å². The van der Waals surface area contributed by atoms with Gasteiger partial charge in [-0.05, 0) is 58.7 Å². The van der Waals surface area contributed by atoms with E-state index < -0.39 is 0 Å². The van der Waals surface area contributed by atoms with Gasteiger partial charge < -0.3 is 5.32 Å². The fourth-order valence-corrected chi connectivity index (χ4v) is 2.95. The number of nitrogens with zero attached hydrogens (tertiary/aromatic N) is 1. The zero-order valence-corrected chi connectivity index (χ0v) is 12.6. The molecule has 1 N–H and O–H groups in total. The van der Waals surface area contributed by atoms with Crippen molar-refractivity contribution < 1.29 is 0 Å². The van der Waals surface area contributed by atoms with E-state index in [1.807, 2.05) is 0 Å². The summed E-state index contributed by atoms with van der Waals surface area (Å²) in [6.45, 7) is 15.4. The lowest BCUT2D eigenvalue weighted by Crippen LogP contribution is -2.57. The van der Waals surface area contributed by atoms with Gasteiger partial charge in [0.1, 0.15) is 0 Å². The Labute approximate surface area is 108 Å². The third-order valence-electron chi connectivity index (χ3n) is 4.56. The van der Waals surface area contributed by atoms with E-state index in [0.29, 0.717) is 11.6 Å². The van der Waals surface area contributed by atoms with Gasteiger partial charge in [0.15, 0.2) is 0 Å². The third-order valence-corrected chi connectivity index (χ3v) is 4.56. The summed E-state index contributed by atoms with van der Waals surface area (Å²) >= 11 is 0. The highest BCUT2D eigenvalue weighted by atomic mass is 15.2. The number of likely N-dealkylation sites (tertiary alicyclic amines) is 1. The molecule has 0 radical (unpaired) electrons. The van der Waals surface area contributed by atoms with E-state index in [2.05, 4.69) is 44.8 Å². The molecule has 1 aliphatic heterocycles. The van der Waals surface area contributed by atoms with Crippen molar-refractivity contribution in [1.29, 1.82) is 0 Å². The molecule has 2 nitrogen and oxygen atoms in total. The van der Waals surface area contributed by atoms with Gasteiger partial charge in [-0.15, -0.1) is 0 Å². The highest BCUT2D eigenvalue weighted by Crippen LogP contribution is 2.28. The SMILES string of the molecule is CCNC(CC(C)CC)C(C)(C)N1CCCC1. The molecule has 0 aromatic rings. The van der Waals surface area contributed by atoms with E-state index in [-0.39, 0.29) is 0 Å². The average molecular weight is 240 g/mol. The molecule has 17 heavy (non-hydrogen) atoms. The lowest BCUT2D eigenvalue weighted by molar-refractivity contribution is 0.0953. The van der Waals surface area contributed by atoms with Crippen LogP contribution in [-0.4, -0.2) is 36.1 Å². The number of hydrogen-bond acceptors (Lipinski definition) is 2. The van der Waals surface area contributed by atoms with Gasteiger partial charge in [-0.3, -0.25) is 4.90 Å². The van der Waals surface area contributed by atoms with E-state index in [9.17, 15) is 0 Å². The third kappa shape index (κ3) is 3.96. The Bertz CT molecular complexity index is 207. The molecule has 0 aromatic carbocycles. The summed E-state index contributed by atoms with van der Waals surface area (Å²) in [7, 11) is 0. The molecule has 0 aliphatic carbocycles. The Morgan fingerprint density at radius 3 is 2.24 bits per heavy atom. The second-order valence-corrected chi connectivity index (χ2v) is 6.21. The van der Waals surface area contributed by atoms with Crippen LogP contribution in [0.4, 0.5) is 0 Å². The van der Waals surface area contributed by atoms with Gasteiger partial charge in [-0.25, -0.2) is 0 Å². The zero-order chi connectivity index (χ0) is 12.9. The molecule has 1 heterocycles. The summed E-state index contributed by atoms with van der Waals surface area (Å²) in [5, 5.41) is 3.72. The van der Waals surface area contributed by atoms with Crippen LogP contribution in [0.25, 0.3) is 0 Å². The Hall–Kier alpha value is -0.0800. The largest absolute Gasteiger partial charge is 0.312 e. The molecule has 0 spiro atoms. The minimum atomic E-state index is 0.302. The van der Waals surface area contributed by atoms with Crippen molar-refractivity contribution in [2.75, 3.05) is 19.6 Å². The molecule has 1 fully saturated rings. The van der Waals surface area contributed by atoms with Gasteiger partial charge in [0.25, 0.3) is 0 Å². The van der Waals surface area contributed by atoms with Crippen molar-refractivity contribution in [3.63, 3.8) is 0 Å². The summed E-state index contributed by atoms with van der Waals surface area (Å²) in [5.41, 5.74) is 0.302. The summed E-state index contributed by atoms with van der Waals surface area (Å²) in [6.07, 6.45) is 5.35. The lowest BCUT2D eigenvalue weighted by Gasteiger charge is -2.43. The zero-order valence-electron chi connectivity index (χ0n) is 12.6. The predicted molar refractivity (Wildman–Crippen MR) is 76.4 cm³/mol. The van der Waals surface area contributed by atoms with Crippen LogP contribution in [-0.2, 0) is 0 Å². The monoisotopic (exact) mass is 240 g/mol. The predicted octanol–water partition coefficient (Wildman–Crippen LogP) is 3.28. The highest BCUT2D eigenvalue weighted by Gasteiger charge is 2.36. The Morgan fingerprint density at radius 1 is 1.18 bits per heavy atom. The molecule has 1 saturated heterocycles. The standard InChI is InChI=1S/C15H32N2/c1-6-13(3)12-14(16-7-2)15(4,5)17-10-8-9-11-17/h13-14,16H,6-12H2,1-5H3. The molecule has 0 aromatic heterocycles. The normalized spacial score (nSPS) is 21.7. The van der Waals surface area contributed by atoms with E-state index >= 15 is 0 Å². The van der Waals surface area contributed by atoms with Crippen LogP contribution in [0, 0.1) is 5.92 Å². The van der Waals surface area contributed by atoms with Gasteiger partial charge in [-0.1, -0.05) is 27.2 Å². The first-order chi connectivity index (χ1) is 8.02. The second-order valence-electron chi connectivity index (χ2n) is 6.21. The van der Waals surface area contributed by atoms with Crippen LogP contribution >= 0.6 is 0 Å². The maximum absolute atomic E-state index is 3.72. The maximum atomic E-state index is 3.72. The topological polar surface area (TPSA) is 15.3 Å². The first-order valence-corrected chi connectivity index (χ1v) is 7.50.